The zero-order chi connectivity index (χ0) is 23.0. The number of hydrogen-bond donors (Lipinski definition) is 1. The number of carbonyl (C=O) groups is 4. The molecule has 1 fully saturated rings. The summed E-state index contributed by atoms with van der Waals surface area (Å²) in [5, 5.41) is 2.79. The van der Waals surface area contributed by atoms with E-state index in [2.05, 4.69) is 5.32 Å². The van der Waals surface area contributed by atoms with Crippen molar-refractivity contribution < 1.29 is 19.2 Å². The van der Waals surface area contributed by atoms with Crippen LogP contribution in [0.15, 0.2) is 29.2 Å². The molecule has 1 saturated heterocycles. The summed E-state index contributed by atoms with van der Waals surface area (Å²) in [5.41, 5.74) is 0.658. The Morgan fingerprint density at radius 1 is 1.16 bits per heavy atom. The molecule has 0 spiro atoms. The number of benzene rings is 1. The van der Waals surface area contributed by atoms with Crippen LogP contribution in [0.1, 0.15) is 19.4 Å². The van der Waals surface area contributed by atoms with Gasteiger partial charge >= 0.3 is 0 Å². The molecular weight excluding hydrogens is 440 g/mol. The first kappa shape index (κ1) is 24.9. The van der Waals surface area contributed by atoms with Crippen molar-refractivity contribution in [3.8, 4) is 0 Å². The van der Waals surface area contributed by atoms with Crippen LogP contribution < -0.4 is 5.32 Å². The molecule has 0 aliphatic carbocycles. The Bertz CT molecular complexity index is 873. The first-order valence-electron chi connectivity index (χ1n) is 9.99. The number of nitrogens with zero attached hydrogens (tertiary/aromatic N) is 3. The number of nitrogens with one attached hydrogen (secondary N) is 1. The second-order valence-electron chi connectivity index (χ2n) is 6.94. The van der Waals surface area contributed by atoms with Crippen LogP contribution in [0.4, 0.5) is 4.79 Å². The van der Waals surface area contributed by atoms with E-state index in [-0.39, 0.29) is 43.2 Å². The molecule has 8 nitrogen and oxygen atoms in total. The standard InChI is InChI=1S/C21H27ClN4O4S/c1-4-25(5-2)19(28)14-24(3)13-18(27)23-10-11-26-20(29)17(31-21(26)30)12-15-8-6-7-9-16(15)22/h6-9,12H,4-5,10-11,13-14H2,1-3H3,(H,23,27)/b17-12-. The normalized spacial score (nSPS) is 15.1. The summed E-state index contributed by atoms with van der Waals surface area (Å²) >= 11 is 6.95. The van der Waals surface area contributed by atoms with E-state index in [1.54, 1.807) is 47.2 Å². The van der Waals surface area contributed by atoms with Crippen molar-refractivity contribution in [2.75, 3.05) is 46.3 Å². The van der Waals surface area contributed by atoms with Crippen molar-refractivity contribution in [2.24, 2.45) is 0 Å². The summed E-state index contributed by atoms with van der Waals surface area (Å²) in [5.74, 6) is -0.733. The molecule has 0 radical (unpaired) electrons. The lowest BCUT2D eigenvalue weighted by Crippen LogP contribution is -2.44. The van der Waals surface area contributed by atoms with Crippen molar-refractivity contribution >= 4 is 52.4 Å². The van der Waals surface area contributed by atoms with Crippen LogP contribution >= 0.6 is 23.4 Å². The highest BCUT2D eigenvalue weighted by Crippen LogP contribution is 2.33. The van der Waals surface area contributed by atoms with Gasteiger partial charge < -0.3 is 10.2 Å². The molecule has 168 valence electrons. The molecule has 31 heavy (non-hydrogen) atoms. The molecule has 10 heteroatoms. The second-order valence-corrected chi connectivity index (χ2v) is 8.34. The van der Waals surface area contributed by atoms with Gasteiger partial charge in [-0.2, -0.15) is 0 Å². The number of amides is 4. The number of imide groups is 1. The quantitative estimate of drug-likeness (QED) is 0.532. The second kappa shape index (κ2) is 11.9. The molecule has 0 unspecified atom stereocenters. The average molecular weight is 467 g/mol. The van der Waals surface area contributed by atoms with Gasteiger partial charge in [-0.15, -0.1) is 0 Å². The van der Waals surface area contributed by atoms with Gasteiger partial charge in [-0.05, 0) is 50.4 Å². The van der Waals surface area contributed by atoms with Crippen LogP contribution in [-0.2, 0) is 14.4 Å². The summed E-state index contributed by atoms with van der Waals surface area (Å²) in [6.45, 7) is 5.44. The Morgan fingerprint density at radius 3 is 2.48 bits per heavy atom. The lowest BCUT2D eigenvalue weighted by molar-refractivity contribution is -0.132. The Morgan fingerprint density at radius 2 is 1.84 bits per heavy atom. The van der Waals surface area contributed by atoms with Gasteiger partial charge in [-0.25, -0.2) is 0 Å². The third-order valence-corrected chi connectivity index (χ3v) is 5.91. The fraction of sp³-hybridized carbons (Fsp3) is 0.429. The highest BCUT2D eigenvalue weighted by molar-refractivity contribution is 8.18. The van der Waals surface area contributed by atoms with E-state index in [1.165, 1.54) is 0 Å². The van der Waals surface area contributed by atoms with Gasteiger partial charge in [0.2, 0.25) is 11.8 Å². The van der Waals surface area contributed by atoms with E-state index in [0.717, 1.165) is 16.7 Å². The molecule has 1 aliphatic rings. The Kier molecular flexibility index (Phi) is 9.54. The molecule has 1 aromatic rings. The Hall–Kier alpha value is -2.36. The Labute approximate surface area is 191 Å². The van der Waals surface area contributed by atoms with Crippen molar-refractivity contribution in [2.45, 2.75) is 13.8 Å². The summed E-state index contributed by atoms with van der Waals surface area (Å²) in [7, 11) is 1.69. The highest BCUT2D eigenvalue weighted by atomic mass is 35.5. The first-order chi connectivity index (χ1) is 14.8. The lowest BCUT2D eigenvalue weighted by Gasteiger charge is -2.22. The van der Waals surface area contributed by atoms with Gasteiger partial charge in [-0.1, -0.05) is 29.8 Å². The third kappa shape index (κ3) is 7.09. The maximum absolute atomic E-state index is 12.5. The molecule has 1 aliphatic heterocycles. The van der Waals surface area contributed by atoms with E-state index in [9.17, 15) is 19.2 Å². The fourth-order valence-electron chi connectivity index (χ4n) is 3.00. The van der Waals surface area contributed by atoms with Crippen molar-refractivity contribution in [3.05, 3.63) is 39.8 Å². The van der Waals surface area contributed by atoms with Gasteiger partial charge in [0.25, 0.3) is 11.1 Å². The first-order valence-corrected chi connectivity index (χ1v) is 11.2. The molecule has 0 bridgehead atoms. The molecule has 0 saturated carbocycles. The molecule has 4 amide bonds. The summed E-state index contributed by atoms with van der Waals surface area (Å²) in [4.78, 5) is 53.7. The summed E-state index contributed by atoms with van der Waals surface area (Å²) < 4.78 is 0. The van der Waals surface area contributed by atoms with Crippen LogP contribution in [0, 0.1) is 0 Å². The molecule has 0 aromatic heterocycles. The zero-order valence-electron chi connectivity index (χ0n) is 17.9. The topological polar surface area (TPSA) is 90.0 Å². The van der Waals surface area contributed by atoms with E-state index in [0.29, 0.717) is 28.6 Å². The average Bonchev–Trinajstić information content (AvgIpc) is 2.97. The van der Waals surface area contributed by atoms with E-state index >= 15 is 0 Å². The van der Waals surface area contributed by atoms with Gasteiger partial charge in [0, 0.05) is 31.2 Å². The van der Waals surface area contributed by atoms with Gasteiger partial charge in [0.05, 0.1) is 18.0 Å². The number of hydrogen-bond acceptors (Lipinski definition) is 6. The predicted molar refractivity (Wildman–Crippen MR) is 123 cm³/mol. The van der Waals surface area contributed by atoms with Crippen LogP contribution in [0.2, 0.25) is 5.02 Å². The number of rotatable bonds is 10. The Balaban J connectivity index is 1.82. The minimum absolute atomic E-state index is 0.0385. The highest BCUT2D eigenvalue weighted by Gasteiger charge is 2.34. The zero-order valence-corrected chi connectivity index (χ0v) is 19.5. The van der Waals surface area contributed by atoms with Gasteiger partial charge in [0.1, 0.15) is 0 Å². The molecule has 1 heterocycles. The molecule has 0 atom stereocenters. The van der Waals surface area contributed by atoms with Crippen molar-refractivity contribution in [1.29, 1.82) is 0 Å². The van der Waals surface area contributed by atoms with E-state index < -0.39 is 5.91 Å². The SMILES string of the molecule is CCN(CC)C(=O)CN(C)CC(=O)NCCN1C(=O)S/C(=C\c2ccccc2Cl)C1=O. The smallest absolute Gasteiger partial charge is 0.293 e. The lowest BCUT2D eigenvalue weighted by atomic mass is 10.2. The molecule has 1 N–H and O–H groups in total. The van der Waals surface area contributed by atoms with Gasteiger partial charge in [-0.3, -0.25) is 29.0 Å². The minimum atomic E-state index is -0.411. The molecular formula is C21H27ClN4O4S. The number of thioether (sulfide) groups is 1. The van der Waals surface area contributed by atoms with Crippen LogP contribution in [0.25, 0.3) is 6.08 Å². The summed E-state index contributed by atoms with van der Waals surface area (Å²) in [6, 6.07) is 7.05. The van der Waals surface area contributed by atoms with Crippen LogP contribution in [-0.4, -0.2) is 84.0 Å². The molecule has 2 rings (SSSR count). The number of halogens is 1. The summed E-state index contributed by atoms with van der Waals surface area (Å²) in [6.07, 6.45) is 1.59. The largest absolute Gasteiger partial charge is 0.353 e. The number of carbonyl (C=O) groups excluding carboxylic acids is 4. The number of likely N-dealkylation sites (N-methyl/N-ethyl adjacent to an activating group) is 2. The fourth-order valence-corrected chi connectivity index (χ4v) is 4.04. The van der Waals surface area contributed by atoms with Crippen molar-refractivity contribution in [3.63, 3.8) is 0 Å². The maximum atomic E-state index is 12.5. The van der Waals surface area contributed by atoms with E-state index in [4.69, 9.17) is 11.6 Å². The predicted octanol–water partition coefficient (Wildman–Crippen LogP) is 2.29. The van der Waals surface area contributed by atoms with E-state index in [1.807, 2.05) is 13.8 Å². The van der Waals surface area contributed by atoms with Gasteiger partial charge in [0.15, 0.2) is 0 Å². The molecule has 1 aromatic carbocycles. The minimum Gasteiger partial charge on any atom is -0.353 e. The maximum Gasteiger partial charge on any atom is 0.293 e. The third-order valence-electron chi connectivity index (χ3n) is 4.66. The van der Waals surface area contributed by atoms with Crippen molar-refractivity contribution in [1.82, 2.24) is 20.0 Å². The monoisotopic (exact) mass is 466 g/mol. The van der Waals surface area contributed by atoms with Crippen LogP contribution in [0.5, 0.6) is 0 Å². The van der Waals surface area contributed by atoms with Crippen LogP contribution in [0.3, 0.4) is 0 Å².